The average Bonchev–Trinajstić information content (AvgIpc) is 2.32. The highest BCUT2D eigenvalue weighted by atomic mass is 16.5. The third kappa shape index (κ3) is 3.00. The van der Waals surface area contributed by atoms with E-state index in [0.29, 0.717) is 5.75 Å². The minimum atomic E-state index is -0.985. The van der Waals surface area contributed by atoms with Crippen molar-refractivity contribution in [1.29, 1.82) is 0 Å². The van der Waals surface area contributed by atoms with Crippen molar-refractivity contribution in [3.05, 3.63) is 23.5 Å². The summed E-state index contributed by atoms with van der Waals surface area (Å²) in [6.07, 6.45) is 5.82. The van der Waals surface area contributed by atoms with Crippen molar-refractivity contribution in [3.8, 4) is 5.75 Å². The Morgan fingerprint density at radius 2 is 2.06 bits per heavy atom. The van der Waals surface area contributed by atoms with Crippen molar-refractivity contribution in [3.63, 3.8) is 0 Å². The summed E-state index contributed by atoms with van der Waals surface area (Å²) < 4.78 is 5.86. The molecule has 1 aliphatic rings. The maximum atomic E-state index is 11.1. The fraction of sp³-hybridized carbons (Fsp3) is 0.571. The van der Waals surface area contributed by atoms with Crippen molar-refractivity contribution >= 4 is 5.97 Å². The number of hydrogen-bond donors (Lipinski definition) is 1. The number of hydrogen-bond acceptors (Lipinski definition) is 3. The van der Waals surface area contributed by atoms with Crippen molar-refractivity contribution in [1.82, 2.24) is 4.98 Å². The van der Waals surface area contributed by atoms with Gasteiger partial charge in [0.15, 0.2) is 0 Å². The highest BCUT2D eigenvalue weighted by Gasteiger charge is 2.22. The minimum absolute atomic E-state index is 0.140. The summed E-state index contributed by atoms with van der Waals surface area (Å²) in [5.41, 5.74) is 0.929. The van der Waals surface area contributed by atoms with Gasteiger partial charge < -0.3 is 9.84 Å². The van der Waals surface area contributed by atoms with Gasteiger partial charge in [-0.1, -0.05) is 6.92 Å². The van der Waals surface area contributed by atoms with Crippen LogP contribution in [0.3, 0.4) is 0 Å². The number of ether oxygens (including phenoxy) is 1. The highest BCUT2D eigenvalue weighted by molar-refractivity contribution is 5.90. The van der Waals surface area contributed by atoms with Crippen LogP contribution in [0, 0.1) is 12.8 Å². The molecule has 1 fully saturated rings. The van der Waals surface area contributed by atoms with E-state index in [1.807, 2.05) is 6.92 Å². The Kier molecular flexibility index (Phi) is 3.84. The monoisotopic (exact) mass is 249 g/mol. The zero-order valence-corrected chi connectivity index (χ0v) is 10.8. The van der Waals surface area contributed by atoms with Crippen LogP contribution in [0.5, 0.6) is 5.75 Å². The fourth-order valence-corrected chi connectivity index (χ4v) is 2.32. The van der Waals surface area contributed by atoms with Gasteiger partial charge in [0.1, 0.15) is 11.3 Å². The van der Waals surface area contributed by atoms with Gasteiger partial charge in [-0.05, 0) is 38.5 Å². The van der Waals surface area contributed by atoms with E-state index in [0.717, 1.165) is 37.3 Å². The third-order valence-electron chi connectivity index (χ3n) is 3.49. The molecule has 0 amide bonds. The number of carboxylic acid groups (broad SMARTS) is 1. The molecular formula is C14H19NO3. The van der Waals surface area contributed by atoms with E-state index in [-0.39, 0.29) is 11.7 Å². The average molecular weight is 249 g/mol. The normalized spacial score (nSPS) is 23.7. The van der Waals surface area contributed by atoms with E-state index in [1.54, 1.807) is 6.07 Å². The number of aryl methyl sites for hydroxylation is 1. The molecule has 0 saturated heterocycles. The number of carbonyl (C=O) groups is 1. The number of rotatable bonds is 3. The van der Waals surface area contributed by atoms with Crippen LogP contribution < -0.4 is 4.74 Å². The molecule has 0 radical (unpaired) electrons. The van der Waals surface area contributed by atoms with Crippen LogP contribution in [-0.2, 0) is 0 Å². The molecule has 98 valence electrons. The first-order chi connectivity index (χ1) is 8.56. The molecular weight excluding hydrogens is 230 g/mol. The summed E-state index contributed by atoms with van der Waals surface area (Å²) >= 11 is 0. The van der Waals surface area contributed by atoms with Crippen LogP contribution in [0.4, 0.5) is 0 Å². The van der Waals surface area contributed by atoms with E-state index < -0.39 is 5.97 Å². The van der Waals surface area contributed by atoms with Crippen LogP contribution in [-0.4, -0.2) is 22.2 Å². The van der Waals surface area contributed by atoms with Crippen LogP contribution in [0.2, 0.25) is 0 Å². The van der Waals surface area contributed by atoms with E-state index in [4.69, 9.17) is 9.84 Å². The Morgan fingerprint density at radius 1 is 1.39 bits per heavy atom. The van der Waals surface area contributed by atoms with Gasteiger partial charge in [-0.15, -0.1) is 0 Å². The predicted octanol–water partition coefficient (Wildman–Crippen LogP) is 3.05. The second-order valence-corrected chi connectivity index (χ2v) is 5.13. The summed E-state index contributed by atoms with van der Waals surface area (Å²) in [7, 11) is 0. The van der Waals surface area contributed by atoms with Gasteiger partial charge in [0, 0.05) is 18.0 Å². The lowest BCUT2D eigenvalue weighted by Gasteiger charge is -2.27. The maximum Gasteiger partial charge on any atom is 0.341 e. The fourth-order valence-electron chi connectivity index (χ4n) is 2.32. The molecule has 0 bridgehead atoms. The molecule has 1 N–H and O–H groups in total. The first kappa shape index (κ1) is 12.9. The van der Waals surface area contributed by atoms with Crippen LogP contribution in [0.1, 0.15) is 48.7 Å². The van der Waals surface area contributed by atoms with Gasteiger partial charge in [-0.25, -0.2) is 4.79 Å². The molecule has 1 saturated carbocycles. The van der Waals surface area contributed by atoms with Crippen molar-refractivity contribution in [2.75, 3.05) is 0 Å². The van der Waals surface area contributed by atoms with Gasteiger partial charge >= 0.3 is 5.97 Å². The predicted molar refractivity (Wildman–Crippen MR) is 68.0 cm³/mol. The molecule has 4 heteroatoms. The number of aromatic nitrogens is 1. The standard InChI is InChI=1S/C14H19NO3/c1-9-3-5-11(6-4-9)18-13-7-10(2)15-8-12(13)14(16)17/h7-9,11H,3-6H2,1-2H3,(H,16,17). The molecule has 0 atom stereocenters. The first-order valence-corrected chi connectivity index (χ1v) is 6.43. The number of nitrogens with zero attached hydrogens (tertiary/aromatic N) is 1. The minimum Gasteiger partial charge on any atom is -0.489 e. The van der Waals surface area contributed by atoms with Crippen LogP contribution in [0.15, 0.2) is 12.3 Å². The zero-order valence-electron chi connectivity index (χ0n) is 10.8. The van der Waals surface area contributed by atoms with Crippen LogP contribution >= 0.6 is 0 Å². The largest absolute Gasteiger partial charge is 0.489 e. The molecule has 1 heterocycles. The van der Waals surface area contributed by atoms with Gasteiger partial charge in [0.05, 0.1) is 6.10 Å². The highest BCUT2D eigenvalue weighted by Crippen LogP contribution is 2.28. The molecule has 0 spiro atoms. The zero-order chi connectivity index (χ0) is 13.1. The Balaban J connectivity index is 2.12. The Bertz CT molecular complexity index is 437. The SMILES string of the molecule is Cc1cc(OC2CCC(C)CC2)c(C(=O)O)cn1. The molecule has 2 rings (SSSR count). The number of carboxylic acids is 1. The smallest absolute Gasteiger partial charge is 0.341 e. The van der Waals surface area contributed by atoms with Crippen molar-refractivity contribution < 1.29 is 14.6 Å². The van der Waals surface area contributed by atoms with Gasteiger partial charge in [-0.3, -0.25) is 4.98 Å². The van der Waals surface area contributed by atoms with E-state index in [9.17, 15) is 4.79 Å². The molecule has 4 nitrogen and oxygen atoms in total. The van der Waals surface area contributed by atoms with E-state index in [1.165, 1.54) is 6.20 Å². The van der Waals surface area contributed by atoms with Crippen LogP contribution in [0.25, 0.3) is 0 Å². The Hall–Kier alpha value is -1.58. The molecule has 1 aromatic rings. The molecule has 1 aromatic heterocycles. The molecule has 0 aromatic carbocycles. The Morgan fingerprint density at radius 3 is 2.67 bits per heavy atom. The molecule has 0 unspecified atom stereocenters. The summed E-state index contributed by atoms with van der Waals surface area (Å²) in [6.45, 7) is 4.08. The lowest BCUT2D eigenvalue weighted by atomic mass is 9.89. The van der Waals surface area contributed by atoms with E-state index >= 15 is 0 Å². The summed E-state index contributed by atoms with van der Waals surface area (Å²) in [6, 6.07) is 1.71. The third-order valence-corrected chi connectivity index (χ3v) is 3.49. The second-order valence-electron chi connectivity index (χ2n) is 5.13. The Labute approximate surface area is 107 Å². The van der Waals surface area contributed by atoms with Gasteiger partial charge in [0.2, 0.25) is 0 Å². The number of aromatic carboxylic acids is 1. The van der Waals surface area contributed by atoms with Crippen molar-refractivity contribution in [2.45, 2.75) is 45.6 Å². The summed E-state index contributed by atoms with van der Waals surface area (Å²) in [5, 5.41) is 9.11. The second kappa shape index (κ2) is 5.38. The maximum absolute atomic E-state index is 11.1. The summed E-state index contributed by atoms with van der Waals surface area (Å²) in [5.74, 6) is 0.221. The molecule has 1 aliphatic carbocycles. The van der Waals surface area contributed by atoms with Crippen molar-refractivity contribution in [2.24, 2.45) is 5.92 Å². The quantitative estimate of drug-likeness (QED) is 0.894. The summed E-state index contributed by atoms with van der Waals surface area (Å²) in [4.78, 5) is 15.1. The molecule has 0 aliphatic heterocycles. The topological polar surface area (TPSA) is 59.4 Å². The number of pyridine rings is 1. The van der Waals surface area contributed by atoms with Gasteiger partial charge in [-0.2, -0.15) is 0 Å². The molecule has 18 heavy (non-hydrogen) atoms. The lowest BCUT2D eigenvalue weighted by Crippen LogP contribution is -2.24. The first-order valence-electron chi connectivity index (χ1n) is 6.43. The van der Waals surface area contributed by atoms with E-state index in [2.05, 4.69) is 11.9 Å². The van der Waals surface area contributed by atoms with Gasteiger partial charge in [0.25, 0.3) is 0 Å². The lowest BCUT2D eigenvalue weighted by molar-refractivity contribution is 0.0683.